The first-order chi connectivity index (χ1) is 12.1. The van der Waals surface area contributed by atoms with Crippen LogP contribution in [0.2, 0.25) is 0 Å². The van der Waals surface area contributed by atoms with Crippen molar-refractivity contribution in [2.75, 3.05) is 39.3 Å². The molecule has 2 fully saturated rings. The summed E-state index contributed by atoms with van der Waals surface area (Å²) in [5.41, 5.74) is -1.13. The van der Waals surface area contributed by atoms with Gasteiger partial charge in [0.25, 0.3) is 0 Å². The molecule has 3 rings (SSSR count). The largest absolute Gasteiger partial charge is 0.466 e. The fraction of sp³-hybridized carbons (Fsp3) is 0.722. The van der Waals surface area contributed by atoms with E-state index in [1.807, 2.05) is 6.92 Å². The number of halogens is 1. The molecule has 148 valence electrons. The lowest BCUT2D eigenvalue weighted by Crippen LogP contribution is -2.51. The molecule has 3 atom stereocenters. The van der Waals surface area contributed by atoms with E-state index in [0.717, 1.165) is 19.7 Å². The third-order valence-electron chi connectivity index (χ3n) is 4.90. The summed E-state index contributed by atoms with van der Waals surface area (Å²) in [6, 6.07) is 4.14. The molecule has 0 saturated carbocycles. The standard InChI is InChI=1S/C18H30N4O3.HI/c1-3-19-17(21-13-18(2,23)16-7-5-9-24-16)20-10-15-11-22-8-4-6-14(22)12-25-15;/h5,7,9,14-15,23H,3-4,6,8,10-13H2,1-2H3,(H2,19,20,21);1H. The molecule has 1 aromatic rings. The SMILES string of the molecule is CCNC(=NCC(C)(O)c1ccco1)NCC1CN2CCCC2CO1.I. The minimum Gasteiger partial charge on any atom is -0.466 e. The van der Waals surface area contributed by atoms with Gasteiger partial charge in [-0.2, -0.15) is 0 Å². The number of ether oxygens (including phenoxy) is 1. The van der Waals surface area contributed by atoms with Crippen LogP contribution in [0.3, 0.4) is 0 Å². The van der Waals surface area contributed by atoms with Gasteiger partial charge in [0.05, 0.1) is 25.5 Å². The average molecular weight is 478 g/mol. The van der Waals surface area contributed by atoms with Crippen LogP contribution in [0.5, 0.6) is 0 Å². The van der Waals surface area contributed by atoms with Gasteiger partial charge in [0.15, 0.2) is 5.96 Å². The number of fused-ring (bicyclic) bond motifs is 1. The van der Waals surface area contributed by atoms with Gasteiger partial charge >= 0.3 is 0 Å². The monoisotopic (exact) mass is 478 g/mol. The zero-order valence-corrected chi connectivity index (χ0v) is 17.9. The van der Waals surface area contributed by atoms with Crippen LogP contribution >= 0.6 is 24.0 Å². The molecule has 3 N–H and O–H groups in total. The number of rotatable bonds is 6. The van der Waals surface area contributed by atoms with E-state index in [1.54, 1.807) is 25.3 Å². The highest BCUT2D eigenvalue weighted by atomic mass is 127. The summed E-state index contributed by atoms with van der Waals surface area (Å²) < 4.78 is 11.3. The van der Waals surface area contributed by atoms with E-state index in [0.29, 0.717) is 24.3 Å². The highest BCUT2D eigenvalue weighted by Gasteiger charge is 2.32. The number of guanidine groups is 1. The van der Waals surface area contributed by atoms with Crippen molar-refractivity contribution >= 4 is 29.9 Å². The Labute approximate surface area is 172 Å². The molecular weight excluding hydrogens is 447 g/mol. The molecular formula is C18H31IN4O3. The molecule has 0 bridgehead atoms. The molecule has 0 aliphatic carbocycles. The smallest absolute Gasteiger partial charge is 0.191 e. The molecule has 2 saturated heterocycles. The van der Waals surface area contributed by atoms with Gasteiger partial charge in [0.2, 0.25) is 0 Å². The Kier molecular flexibility index (Phi) is 8.18. The van der Waals surface area contributed by atoms with Crippen molar-refractivity contribution in [1.82, 2.24) is 15.5 Å². The van der Waals surface area contributed by atoms with E-state index in [2.05, 4.69) is 20.5 Å². The lowest BCUT2D eigenvalue weighted by Gasteiger charge is -2.35. The van der Waals surface area contributed by atoms with Crippen LogP contribution in [0.15, 0.2) is 27.8 Å². The first-order valence-electron chi connectivity index (χ1n) is 9.22. The van der Waals surface area contributed by atoms with Crippen molar-refractivity contribution < 1.29 is 14.3 Å². The van der Waals surface area contributed by atoms with Gasteiger partial charge in [0, 0.05) is 25.7 Å². The number of aliphatic hydroxyl groups is 1. The quantitative estimate of drug-likeness (QED) is 0.327. The Morgan fingerprint density at radius 3 is 3.04 bits per heavy atom. The van der Waals surface area contributed by atoms with E-state index in [4.69, 9.17) is 9.15 Å². The molecule has 3 heterocycles. The maximum Gasteiger partial charge on any atom is 0.191 e. The summed E-state index contributed by atoms with van der Waals surface area (Å²) >= 11 is 0. The fourth-order valence-corrected chi connectivity index (χ4v) is 3.46. The molecule has 7 nitrogen and oxygen atoms in total. The van der Waals surface area contributed by atoms with Gasteiger partial charge < -0.3 is 24.9 Å². The zero-order chi connectivity index (χ0) is 17.7. The first kappa shape index (κ1) is 21.5. The maximum absolute atomic E-state index is 10.5. The minimum absolute atomic E-state index is 0. The van der Waals surface area contributed by atoms with Gasteiger partial charge in [-0.3, -0.25) is 4.90 Å². The molecule has 2 aliphatic heterocycles. The van der Waals surface area contributed by atoms with Crippen LogP contribution in [0.25, 0.3) is 0 Å². The van der Waals surface area contributed by atoms with E-state index in [-0.39, 0.29) is 36.6 Å². The lowest BCUT2D eigenvalue weighted by molar-refractivity contribution is -0.0453. The van der Waals surface area contributed by atoms with Gasteiger partial charge in [-0.1, -0.05) is 0 Å². The highest BCUT2D eigenvalue weighted by molar-refractivity contribution is 14.0. The van der Waals surface area contributed by atoms with E-state index in [1.165, 1.54) is 19.4 Å². The zero-order valence-electron chi connectivity index (χ0n) is 15.6. The van der Waals surface area contributed by atoms with Crippen molar-refractivity contribution in [2.24, 2.45) is 4.99 Å². The Balaban J connectivity index is 0.00000243. The molecule has 0 radical (unpaired) electrons. The summed E-state index contributed by atoms with van der Waals surface area (Å²) in [5.74, 6) is 1.20. The van der Waals surface area contributed by atoms with Crippen molar-refractivity contribution in [3.63, 3.8) is 0 Å². The number of morpholine rings is 1. The van der Waals surface area contributed by atoms with Crippen LogP contribution < -0.4 is 10.6 Å². The van der Waals surface area contributed by atoms with E-state index >= 15 is 0 Å². The Morgan fingerprint density at radius 2 is 2.31 bits per heavy atom. The second kappa shape index (κ2) is 9.91. The average Bonchev–Trinajstić information content (AvgIpc) is 3.28. The number of nitrogens with zero attached hydrogens (tertiary/aromatic N) is 2. The van der Waals surface area contributed by atoms with Crippen molar-refractivity contribution in [2.45, 2.75) is 44.4 Å². The minimum atomic E-state index is -1.13. The van der Waals surface area contributed by atoms with Gasteiger partial charge in [0.1, 0.15) is 11.4 Å². The molecule has 1 aromatic heterocycles. The maximum atomic E-state index is 10.5. The normalized spacial score (nSPS) is 25.9. The molecule has 26 heavy (non-hydrogen) atoms. The summed E-state index contributed by atoms with van der Waals surface area (Å²) in [7, 11) is 0. The van der Waals surface area contributed by atoms with Gasteiger partial charge in [-0.25, -0.2) is 4.99 Å². The fourth-order valence-electron chi connectivity index (χ4n) is 3.46. The summed E-state index contributed by atoms with van der Waals surface area (Å²) in [5, 5.41) is 17.1. The van der Waals surface area contributed by atoms with Crippen LogP contribution in [0.4, 0.5) is 0 Å². The summed E-state index contributed by atoms with van der Waals surface area (Å²) in [6.07, 6.45) is 4.26. The van der Waals surface area contributed by atoms with E-state index in [9.17, 15) is 5.11 Å². The Morgan fingerprint density at radius 1 is 1.46 bits per heavy atom. The number of hydrogen-bond donors (Lipinski definition) is 3. The van der Waals surface area contributed by atoms with Crippen LogP contribution in [0.1, 0.15) is 32.4 Å². The molecule has 0 amide bonds. The van der Waals surface area contributed by atoms with Gasteiger partial charge in [-0.05, 0) is 45.4 Å². The third-order valence-corrected chi connectivity index (χ3v) is 4.90. The van der Waals surface area contributed by atoms with Crippen molar-refractivity contribution in [3.05, 3.63) is 24.2 Å². The number of furan rings is 1. The Bertz CT molecular complexity index is 565. The molecule has 0 spiro atoms. The predicted octanol–water partition coefficient (Wildman–Crippen LogP) is 1.52. The predicted molar refractivity (Wildman–Crippen MR) is 112 cm³/mol. The van der Waals surface area contributed by atoms with Crippen molar-refractivity contribution in [1.29, 1.82) is 0 Å². The van der Waals surface area contributed by atoms with Gasteiger partial charge in [-0.15, -0.1) is 24.0 Å². The number of hydrogen-bond acceptors (Lipinski definition) is 5. The number of nitrogens with one attached hydrogen (secondary N) is 2. The second-order valence-corrected chi connectivity index (χ2v) is 7.07. The van der Waals surface area contributed by atoms with Crippen LogP contribution in [-0.4, -0.2) is 67.4 Å². The van der Waals surface area contributed by atoms with Crippen LogP contribution in [-0.2, 0) is 10.3 Å². The highest BCUT2D eigenvalue weighted by Crippen LogP contribution is 2.22. The lowest BCUT2D eigenvalue weighted by atomic mass is 10.0. The molecule has 0 aromatic carbocycles. The summed E-state index contributed by atoms with van der Waals surface area (Å²) in [4.78, 5) is 7.04. The first-order valence-corrected chi connectivity index (χ1v) is 9.22. The van der Waals surface area contributed by atoms with Crippen molar-refractivity contribution in [3.8, 4) is 0 Å². The molecule has 2 aliphatic rings. The summed E-state index contributed by atoms with van der Waals surface area (Å²) in [6.45, 7) is 8.39. The Hall–Kier alpha value is -0.840. The second-order valence-electron chi connectivity index (χ2n) is 7.07. The van der Waals surface area contributed by atoms with E-state index < -0.39 is 5.60 Å². The third kappa shape index (κ3) is 5.58. The van der Waals surface area contributed by atoms with Crippen LogP contribution in [0, 0.1) is 0 Å². The topological polar surface area (TPSA) is 82.3 Å². The molecule has 3 unspecified atom stereocenters. The number of aliphatic imine (C=N–C) groups is 1. The molecule has 8 heteroatoms.